The molecule has 0 saturated heterocycles. The van der Waals surface area contributed by atoms with E-state index >= 15 is 0 Å². The third-order valence-electron chi connectivity index (χ3n) is 3.96. The second-order valence-electron chi connectivity index (χ2n) is 5.86. The minimum Gasteiger partial charge on any atom is -0.274 e. The maximum absolute atomic E-state index is 12.3. The van der Waals surface area contributed by atoms with Crippen LogP contribution < -0.4 is 5.48 Å². The van der Waals surface area contributed by atoms with Crippen LogP contribution in [-0.2, 0) is 16.2 Å². The number of hydrogen-bond donors (Lipinski definition) is 1. The van der Waals surface area contributed by atoms with E-state index in [0.29, 0.717) is 11.1 Å². The molecule has 0 spiro atoms. The van der Waals surface area contributed by atoms with Crippen molar-refractivity contribution in [3.05, 3.63) is 70.8 Å². The van der Waals surface area contributed by atoms with Crippen LogP contribution in [-0.4, -0.2) is 29.2 Å². The van der Waals surface area contributed by atoms with Crippen LogP contribution in [0.2, 0.25) is 0 Å². The van der Waals surface area contributed by atoms with E-state index in [0.717, 1.165) is 16.0 Å². The van der Waals surface area contributed by atoms with Crippen LogP contribution in [0.15, 0.2) is 48.5 Å². The number of imide groups is 1. The SMILES string of the molecule is Cc1ccc2c(c1)C(=O)N(CCC(=O)NOCc1ccccc1)C2=O. The van der Waals surface area contributed by atoms with Crippen molar-refractivity contribution in [2.75, 3.05) is 6.54 Å². The lowest BCUT2D eigenvalue weighted by Gasteiger charge is -2.13. The van der Waals surface area contributed by atoms with E-state index < -0.39 is 0 Å². The van der Waals surface area contributed by atoms with E-state index in [-0.39, 0.29) is 37.3 Å². The number of hydrogen-bond acceptors (Lipinski definition) is 4. The smallest absolute Gasteiger partial charge is 0.261 e. The van der Waals surface area contributed by atoms with Crippen LogP contribution in [0.5, 0.6) is 0 Å². The lowest BCUT2D eigenvalue weighted by molar-refractivity contribution is -0.134. The summed E-state index contributed by atoms with van der Waals surface area (Å²) in [5.74, 6) is -1.11. The molecular weight excluding hydrogens is 320 g/mol. The van der Waals surface area contributed by atoms with Gasteiger partial charge < -0.3 is 0 Å². The number of nitrogens with zero attached hydrogens (tertiary/aromatic N) is 1. The summed E-state index contributed by atoms with van der Waals surface area (Å²) in [7, 11) is 0. The average Bonchev–Trinajstić information content (AvgIpc) is 2.84. The molecule has 0 aromatic heterocycles. The number of benzene rings is 2. The Hall–Kier alpha value is -2.99. The van der Waals surface area contributed by atoms with Crippen molar-refractivity contribution in [3.8, 4) is 0 Å². The molecule has 25 heavy (non-hydrogen) atoms. The van der Waals surface area contributed by atoms with Gasteiger partial charge in [0.25, 0.3) is 11.8 Å². The van der Waals surface area contributed by atoms with Gasteiger partial charge in [0.15, 0.2) is 0 Å². The Bertz CT molecular complexity index is 817. The largest absolute Gasteiger partial charge is 0.274 e. The summed E-state index contributed by atoms with van der Waals surface area (Å²) >= 11 is 0. The van der Waals surface area contributed by atoms with E-state index in [1.54, 1.807) is 18.2 Å². The molecule has 0 bridgehead atoms. The topological polar surface area (TPSA) is 75.7 Å². The Morgan fingerprint density at radius 1 is 1.04 bits per heavy atom. The number of amides is 3. The molecule has 0 fully saturated rings. The fourth-order valence-corrected chi connectivity index (χ4v) is 2.65. The van der Waals surface area contributed by atoms with Gasteiger partial charge in [0.1, 0.15) is 0 Å². The van der Waals surface area contributed by atoms with Crippen molar-refractivity contribution in [1.29, 1.82) is 0 Å². The standard InChI is InChI=1S/C19H18N2O4/c1-13-7-8-15-16(11-13)19(24)21(18(15)23)10-9-17(22)20-25-12-14-5-3-2-4-6-14/h2-8,11H,9-10,12H2,1H3,(H,20,22). The summed E-state index contributed by atoms with van der Waals surface area (Å²) < 4.78 is 0. The monoisotopic (exact) mass is 338 g/mol. The molecule has 0 radical (unpaired) electrons. The van der Waals surface area contributed by atoms with Crippen LogP contribution in [0.3, 0.4) is 0 Å². The summed E-state index contributed by atoms with van der Waals surface area (Å²) in [5, 5.41) is 0. The number of carbonyl (C=O) groups excluding carboxylic acids is 3. The second-order valence-corrected chi connectivity index (χ2v) is 5.86. The highest BCUT2D eigenvalue weighted by molar-refractivity contribution is 6.21. The van der Waals surface area contributed by atoms with Gasteiger partial charge in [-0.2, -0.15) is 0 Å². The van der Waals surface area contributed by atoms with Gasteiger partial charge in [-0.25, -0.2) is 5.48 Å². The van der Waals surface area contributed by atoms with Gasteiger partial charge in [0.05, 0.1) is 17.7 Å². The minimum atomic E-state index is -0.385. The van der Waals surface area contributed by atoms with Gasteiger partial charge in [-0.15, -0.1) is 0 Å². The van der Waals surface area contributed by atoms with Crippen LogP contribution in [0.4, 0.5) is 0 Å². The molecule has 0 aliphatic carbocycles. The van der Waals surface area contributed by atoms with Crippen molar-refractivity contribution in [3.63, 3.8) is 0 Å². The third-order valence-corrected chi connectivity index (χ3v) is 3.96. The maximum Gasteiger partial charge on any atom is 0.261 e. The fourth-order valence-electron chi connectivity index (χ4n) is 2.65. The molecule has 1 heterocycles. The van der Waals surface area contributed by atoms with E-state index in [1.165, 1.54) is 0 Å². The highest BCUT2D eigenvalue weighted by atomic mass is 16.6. The number of hydroxylamine groups is 1. The first-order chi connectivity index (χ1) is 12.1. The highest BCUT2D eigenvalue weighted by Gasteiger charge is 2.35. The molecule has 3 rings (SSSR count). The predicted molar refractivity (Wildman–Crippen MR) is 90.5 cm³/mol. The molecule has 2 aromatic rings. The van der Waals surface area contributed by atoms with Gasteiger partial charge in [-0.1, -0.05) is 42.0 Å². The summed E-state index contributed by atoms with van der Waals surface area (Å²) in [6.07, 6.45) is -0.0146. The van der Waals surface area contributed by atoms with Gasteiger partial charge in [0.2, 0.25) is 5.91 Å². The van der Waals surface area contributed by atoms with Gasteiger partial charge in [-0.3, -0.25) is 24.1 Å². The van der Waals surface area contributed by atoms with Crippen molar-refractivity contribution < 1.29 is 19.2 Å². The number of nitrogens with one attached hydrogen (secondary N) is 1. The third kappa shape index (κ3) is 3.75. The molecule has 6 heteroatoms. The lowest BCUT2D eigenvalue weighted by atomic mass is 10.1. The van der Waals surface area contributed by atoms with Gasteiger partial charge >= 0.3 is 0 Å². The van der Waals surface area contributed by atoms with Crippen molar-refractivity contribution in [2.45, 2.75) is 20.0 Å². The average molecular weight is 338 g/mol. The van der Waals surface area contributed by atoms with E-state index in [2.05, 4.69) is 5.48 Å². The highest BCUT2D eigenvalue weighted by Crippen LogP contribution is 2.23. The summed E-state index contributed by atoms with van der Waals surface area (Å²) in [4.78, 5) is 42.7. The van der Waals surface area contributed by atoms with Crippen molar-refractivity contribution in [1.82, 2.24) is 10.4 Å². The molecule has 0 atom stereocenters. The molecule has 1 N–H and O–H groups in total. The lowest BCUT2D eigenvalue weighted by Crippen LogP contribution is -2.34. The number of fused-ring (bicyclic) bond motifs is 1. The molecule has 1 aliphatic rings. The second kappa shape index (κ2) is 7.27. The molecule has 128 valence electrons. The number of rotatable bonds is 6. The number of aryl methyl sites for hydroxylation is 1. The van der Waals surface area contributed by atoms with Crippen LogP contribution in [0.1, 0.15) is 38.3 Å². The van der Waals surface area contributed by atoms with Crippen LogP contribution in [0, 0.1) is 6.92 Å². The summed E-state index contributed by atoms with van der Waals surface area (Å²) in [5.41, 5.74) is 4.95. The number of carbonyl (C=O) groups is 3. The molecule has 1 aliphatic heterocycles. The fraction of sp³-hybridized carbons (Fsp3) is 0.211. The van der Waals surface area contributed by atoms with Crippen LogP contribution >= 0.6 is 0 Å². The van der Waals surface area contributed by atoms with Crippen molar-refractivity contribution >= 4 is 17.7 Å². The van der Waals surface area contributed by atoms with Crippen LogP contribution in [0.25, 0.3) is 0 Å². The van der Waals surface area contributed by atoms with Crippen molar-refractivity contribution in [2.24, 2.45) is 0 Å². The van der Waals surface area contributed by atoms with Gasteiger partial charge in [-0.05, 0) is 24.6 Å². The summed E-state index contributed by atoms with van der Waals surface area (Å²) in [6, 6.07) is 14.5. The molecule has 6 nitrogen and oxygen atoms in total. The Morgan fingerprint density at radius 2 is 1.76 bits per heavy atom. The van der Waals surface area contributed by atoms with E-state index in [4.69, 9.17) is 4.84 Å². The first-order valence-electron chi connectivity index (χ1n) is 7.97. The predicted octanol–water partition coefficient (Wildman–Crippen LogP) is 2.23. The Kier molecular flexibility index (Phi) is 4.90. The zero-order chi connectivity index (χ0) is 17.8. The zero-order valence-electron chi connectivity index (χ0n) is 13.8. The molecular formula is C19H18N2O4. The van der Waals surface area contributed by atoms with Gasteiger partial charge in [0, 0.05) is 13.0 Å². The molecule has 0 unspecified atom stereocenters. The first-order valence-corrected chi connectivity index (χ1v) is 7.97. The Labute approximate surface area is 145 Å². The maximum atomic E-state index is 12.3. The molecule has 0 saturated carbocycles. The van der Waals surface area contributed by atoms with E-state index in [1.807, 2.05) is 37.3 Å². The normalized spacial score (nSPS) is 13.1. The summed E-state index contributed by atoms with van der Waals surface area (Å²) in [6.45, 7) is 2.13. The van der Waals surface area contributed by atoms with E-state index in [9.17, 15) is 14.4 Å². The Balaban J connectivity index is 1.49. The first kappa shape index (κ1) is 16.9. The molecule has 2 aromatic carbocycles. The Morgan fingerprint density at radius 3 is 2.52 bits per heavy atom. The minimum absolute atomic E-state index is 0.0146. The molecule has 3 amide bonds. The quantitative estimate of drug-likeness (QED) is 0.647. The zero-order valence-corrected chi connectivity index (χ0v) is 13.8.